The highest BCUT2D eigenvalue weighted by Gasteiger charge is 2.18. The van der Waals surface area contributed by atoms with Gasteiger partial charge in [0.05, 0.1) is 12.8 Å². The predicted molar refractivity (Wildman–Crippen MR) is 90.9 cm³/mol. The number of carbonyl (C=O) groups excluding carboxylic acids is 1. The molecule has 0 saturated heterocycles. The summed E-state index contributed by atoms with van der Waals surface area (Å²) in [5.74, 6) is 0.634. The number of ether oxygens (including phenoxy) is 1. The van der Waals surface area contributed by atoms with E-state index in [0.29, 0.717) is 11.3 Å². The van der Waals surface area contributed by atoms with Gasteiger partial charge in [0.2, 0.25) is 0 Å². The second kappa shape index (κ2) is 6.22. The summed E-state index contributed by atoms with van der Waals surface area (Å²) >= 11 is 0. The Labute approximate surface area is 132 Å². The molecule has 0 aliphatic rings. The van der Waals surface area contributed by atoms with Gasteiger partial charge in [-0.2, -0.15) is 0 Å². The van der Waals surface area contributed by atoms with Crippen molar-refractivity contribution in [2.24, 2.45) is 0 Å². The maximum atomic E-state index is 12.6. The molecule has 0 aliphatic carbocycles. The molecule has 0 fully saturated rings. The largest absolute Gasteiger partial charge is 0.495 e. The van der Waals surface area contributed by atoms with Crippen LogP contribution in [0, 0.1) is 0 Å². The number of para-hydroxylation sites is 2. The van der Waals surface area contributed by atoms with Crippen molar-refractivity contribution in [3.05, 3.63) is 59.7 Å². The lowest BCUT2D eigenvalue weighted by Crippen LogP contribution is -2.26. The van der Waals surface area contributed by atoms with Crippen LogP contribution in [0.15, 0.2) is 48.5 Å². The maximum Gasteiger partial charge on any atom is 0.258 e. The molecule has 0 unspecified atom stereocenters. The second-order valence-electron chi connectivity index (χ2n) is 6.36. The van der Waals surface area contributed by atoms with Gasteiger partial charge in [-0.25, -0.2) is 0 Å². The van der Waals surface area contributed by atoms with Gasteiger partial charge in [-0.3, -0.25) is 4.79 Å². The molecule has 116 valence electrons. The van der Waals surface area contributed by atoms with Gasteiger partial charge >= 0.3 is 0 Å². The van der Waals surface area contributed by atoms with E-state index in [2.05, 4.69) is 20.8 Å². The number of hydrogen-bond donors (Lipinski definition) is 0. The van der Waals surface area contributed by atoms with E-state index in [1.807, 2.05) is 48.5 Å². The van der Waals surface area contributed by atoms with Crippen molar-refractivity contribution < 1.29 is 9.53 Å². The lowest BCUT2D eigenvalue weighted by molar-refractivity contribution is 0.0992. The summed E-state index contributed by atoms with van der Waals surface area (Å²) in [7, 11) is 3.37. The van der Waals surface area contributed by atoms with E-state index >= 15 is 0 Å². The maximum absolute atomic E-state index is 12.6. The molecule has 0 atom stereocenters. The molecule has 2 aromatic carbocycles. The zero-order chi connectivity index (χ0) is 16.3. The molecular weight excluding hydrogens is 274 g/mol. The Bertz CT molecular complexity index is 654. The lowest BCUT2D eigenvalue weighted by Gasteiger charge is -2.21. The van der Waals surface area contributed by atoms with Crippen LogP contribution in [0.4, 0.5) is 5.69 Å². The van der Waals surface area contributed by atoms with Gasteiger partial charge < -0.3 is 9.64 Å². The molecule has 0 saturated carbocycles. The summed E-state index contributed by atoms with van der Waals surface area (Å²) in [4.78, 5) is 14.3. The number of benzene rings is 2. The third-order valence-corrected chi connectivity index (χ3v) is 3.75. The van der Waals surface area contributed by atoms with Crippen molar-refractivity contribution in [1.29, 1.82) is 0 Å². The van der Waals surface area contributed by atoms with E-state index in [-0.39, 0.29) is 11.3 Å². The van der Waals surface area contributed by atoms with Crippen molar-refractivity contribution in [3.8, 4) is 5.75 Å². The van der Waals surface area contributed by atoms with Crippen LogP contribution in [0.2, 0.25) is 0 Å². The zero-order valence-electron chi connectivity index (χ0n) is 13.9. The number of anilines is 1. The Hall–Kier alpha value is -2.29. The molecule has 2 rings (SSSR count). The highest BCUT2D eigenvalue weighted by atomic mass is 16.5. The van der Waals surface area contributed by atoms with Crippen LogP contribution >= 0.6 is 0 Å². The molecule has 2 aromatic rings. The minimum atomic E-state index is -0.0510. The van der Waals surface area contributed by atoms with Gasteiger partial charge in [0.15, 0.2) is 0 Å². The van der Waals surface area contributed by atoms with Gasteiger partial charge in [-0.05, 0) is 35.2 Å². The molecule has 0 bridgehead atoms. The second-order valence-corrected chi connectivity index (χ2v) is 6.36. The van der Waals surface area contributed by atoms with Crippen molar-refractivity contribution in [2.75, 3.05) is 19.1 Å². The predicted octanol–water partition coefficient (Wildman–Crippen LogP) is 4.27. The highest BCUT2D eigenvalue weighted by molar-refractivity contribution is 6.06. The highest BCUT2D eigenvalue weighted by Crippen LogP contribution is 2.28. The first-order chi connectivity index (χ1) is 10.3. The monoisotopic (exact) mass is 297 g/mol. The van der Waals surface area contributed by atoms with Gasteiger partial charge in [0.1, 0.15) is 5.75 Å². The summed E-state index contributed by atoms with van der Waals surface area (Å²) in [5, 5.41) is 0. The molecule has 0 heterocycles. The summed E-state index contributed by atoms with van der Waals surface area (Å²) in [5.41, 5.74) is 2.72. The van der Waals surface area contributed by atoms with E-state index in [1.54, 1.807) is 19.1 Å². The summed E-state index contributed by atoms with van der Waals surface area (Å²) < 4.78 is 5.32. The Morgan fingerprint density at radius 2 is 1.59 bits per heavy atom. The van der Waals surface area contributed by atoms with E-state index in [9.17, 15) is 4.79 Å². The molecule has 0 aromatic heterocycles. The van der Waals surface area contributed by atoms with Crippen LogP contribution in [0.25, 0.3) is 0 Å². The fourth-order valence-corrected chi connectivity index (χ4v) is 2.32. The number of nitrogens with zero attached hydrogens (tertiary/aromatic N) is 1. The van der Waals surface area contributed by atoms with Crippen LogP contribution in [0.1, 0.15) is 36.7 Å². The third-order valence-electron chi connectivity index (χ3n) is 3.75. The number of rotatable bonds is 3. The van der Waals surface area contributed by atoms with Gasteiger partial charge in [-0.15, -0.1) is 0 Å². The van der Waals surface area contributed by atoms with Crippen LogP contribution in [0.3, 0.4) is 0 Å². The van der Waals surface area contributed by atoms with E-state index in [4.69, 9.17) is 4.74 Å². The minimum Gasteiger partial charge on any atom is -0.495 e. The molecule has 3 heteroatoms. The van der Waals surface area contributed by atoms with Crippen molar-refractivity contribution in [2.45, 2.75) is 26.2 Å². The topological polar surface area (TPSA) is 29.5 Å². The average Bonchev–Trinajstić information content (AvgIpc) is 2.52. The van der Waals surface area contributed by atoms with Crippen molar-refractivity contribution in [3.63, 3.8) is 0 Å². The quantitative estimate of drug-likeness (QED) is 0.846. The molecule has 0 radical (unpaired) electrons. The Kier molecular flexibility index (Phi) is 4.55. The summed E-state index contributed by atoms with van der Waals surface area (Å²) in [6, 6.07) is 15.3. The molecule has 0 N–H and O–H groups in total. The van der Waals surface area contributed by atoms with E-state index in [0.717, 1.165) is 5.69 Å². The molecule has 22 heavy (non-hydrogen) atoms. The smallest absolute Gasteiger partial charge is 0.258 e. The molecule has 1 amide bonds. The van der Waals surface area contributed by atoms with Crippen molar-refractivity contribution in [1.82, 2.24) is 0 Å². The number of methoxy groups -OCH3 is 1. The van der Waals surface area contributed by atoms with Crippen LogP contribution in [-0.4, -0.2) is 20.1 Å². The van der Waals surface area contributed by atoms with Crippen LogP contribution in [-0.2, 0) is 5.41 Å². The summed E-state index contributed by atoms with van der Waals surface area (Å²) in [6.07, 6.45) is 0. The van der Waals surface area contributed by atoms with E-state index < -0.39 is 0 Å². The average molecular weight is 297 g/mol. The number of amides is 1. The fraction of sp³-hybridized carbons (Fsp3) is 0.316. The Morgan fingerprint density at radius 3 is 2.14 bits per heavy atom. The first-order valence-corrected chi connectivity index (χ1v) is 7.36. The molecule has 0 aliphatic heterocycles. The van der Waals surface area contributed by atoms with Crippen LogP contribution < -0.4 is 9.64 Å². The Balaban J connectivity index is 2.27. The zero-order valence-corrected chi connectivity index (χ0v) is 13.9. The standard InChI is InChI=1S/C19H23NO2/c1-19(2,3)15-12-10-14(11-13-15)18(21)20(4)16-8-6-7-9-17(16)22-5/h6-13H,1-5H3. The first kappa shape index (κ1) is 16.1. The van der Waals surface area contributed by atoms with Crippen molar-refractivity contribution >= 4 is 11.6 Å². The molecule has 3 nitrogen and oxygen atoms in total. The van der Waals surface area contributed by atoms with Gasteiger partial charge in [0.25, 0.3) is 5.91 Å². The fourth-order valence-electron chi connectivity index (χ4n) is 2.32. The summed E-state index contributed by atoms with van der Waals surface area (Å²) in [6.45, 7) is 6.47. The van der Waals surface area contributed by atoms with Crippen LogP contribution in [0.5, 0.6) is 5.75 Å². The third kappa shape index (κ3) is 3.30. The first-order valence-electron chi connectivity index (χ1n) is 7.36. The molecular formula is C19H23NO2. The molecule has 0 spiro atoms. The Morgan fingerprint density at radius 1 is 1.00 bits per heavy atom. The minimum absolute atomic E-state index is 0.0510. The SMILES string of the molecule is COc1ccccc1N(C)C(=O)c1ccc(C(C)(C)C)cc1. The normalized spacial score (nSPS) is 11.1. The van der Waals surface area contributed by atoms with E-state index in [1.165, 1.54) is 5.56 Å². The van der Waals surface area contributed by atoms with Gasteiger partial charge in [-0.1, -0.05) is 45.0 Å². The lowest BCUT2D eigenvalue weighted by atomic mass is 9.86. The number of hydrogen-bond acceptors (Lipinski definition) is 2. The van der Waals surface area contributed by atoms with Gasteiger partial charge in [0, 0.05) is 12.6 Å². The number of carbonyl (C=O) groups is 1.